The maximum Gasteiger partial charge on any atom is 0.297 e. The van der Waals surface area contributed by atoms with Gasteiger partial charge in [0, 0.05) is 6.07 Å². The van der Waals surface area contributed by atoms with Gasteiger partial charge in [-0.2, -0.15) is 16.8 Å². The Morgan fingerprint density at radius 2 is 1.52 bits per heavy atom. The first-order valence-electron chi connectivity index (χ1n) is 7.93. The average Bonchev–Trinajstić information content (AvgIpc) is 2.66. The van der Waals surface area contributed by atoms with Crippen LogP contribution in [-0.2, 0) is 20.2 Å². The van der Waals surface area contributed by atoms with Gasteiger partial charge in [-0.25, -0.2) is 0 Å². The Balaban J connectivity index is 2.10. The lowest BCUT2D eigenvalue weighted by Crippen LogP contribution is -2.07. The molecule has 0 radical (unpaired) electrons. The molecule has 10 nitrogen and oxygen atoms in total. The molecule has 1 heterocycles. The highest BCUT2D eigenvalue weighted by molar-refractivity contribution is 7.86. The highest BCUT2D eigenvalue weighted by Gasteiger charge is 2.20. The Morgan fingerprint density at radius 3 is 2.17 bits per heavy atom. The second kappa shape index (κ2) is 8.05. The smallest absolute Gasteiger partial charge is 0.297 e. The molecule has 3 rings (SSSR count). The molecule has 0 saturated carbocycles. The molecule has 0 bridgehead atoms. The van der Waals surface area contributed by atoms with Gasteiger partial charge < -0.3 is 5.32 Å². The number of anilines is 2. The zero-order chi connectivity index (χ0) is 21.1. The fraction of sp³-hybridized carbons (Fsp3) is 0. The van der Waals surface area contributed by atoms with Crippen LogP contribution in [-0.4, -0.2) is 41.4 Å². The maximum absolute atomic E-state index is 12.0. The molecule has 0 fully saturated rings. The van der Waals surface area contributed by atoms with Crippen molar-refractivity contribution in [2.75, 3.05) is 5.32 Å². The van der Waals surface area contributed by atoms with Crippen molar-refractivity contribution in [3.8, 4) is 0 Å². The molecule has 0 aliphatic heterocycles. The van der Waals surface area contributed by atoms with Crippen LogP contribution in [0.4, 0.5) is 11.5 Å². The monoisotopic (exact) mass is 434 g/mol. The number of hydrogen-bond donors (Lipinski definition) is 3. The van der Waals surface area contributed by atoms with Gasteiger partial charge in [0.2, 0.25) is 0 Å². The summed E-state index contributed by atoms with van der Waals surface area (Å²) >= 11 is 0. The summed E-state index contributed by atoms with van der Waals surface area (Å²) < 4.78 is 66.1. The molecule has 1 aromatic heterocycles. The molecule has 150 valence electrons. The number of nitrogens with one attached hydrogen (secondary N) is 1. The molecule has 0 aliphatic rings. The molecule has 0 unspecified atom stereocenters. The van der Waals surface area contributed by atoms with Crippen molar-refractivity contribution in [3.63, 3.8) is 0 Å². The van der Waals surface area contributed by atoms with E-state index in [9.17, 15) is 25.9 Å². The normalized spacial score (nSPS) is 12.2. The topological polar surface area (TPSA) is 159 Å². The van der Waals surface area contributed by atoms with Gasteiger partial charge in [0.25, 0.3) is 20.2 Å². The van der Waals surface area contributed by atoms with E-state index in [-0.39, 0.29) is 27.5 Å². The van der Waals surface area contributed by atoms with Crippen LogP contribution in [0.2, 0.25) is 0 Å². The van der Waals surface area contributed by atoms with E-state index in [4.69, 9.17) is 0 Å². The first kappa shape index (κ1) is 20.5. The predicted molar refractivity (Wildman–Crippen MR) is 105 cm³/mol. The van der Waals surface area contributed by atoms with Crippen molar-refractivity contribution < 1.29 is 25.9 Å². The van der Waals surface area contributed by atoms with Gasteiger partial charge in [-0.05, 0) is 28.5 Å². The molecule has 0 spiro atoms. The van der Waals surface area contributed by atoms with E-state index >= 15 is 0 Å². The van der Waals surface area contributed by atoms with Crippen molar-refractivity contribution in [2.45, 2.75) is 9.79 Å². The van der Waals surface area contributed by atoms with E-state index in [2.05, 4.69) is 20.7 Å². The van der Waals surface area contributed by atoms with Crippen molar-refractivity contribution in [1.29, 1.82) is 0 Å². The van der Waals surface area contributed by atoms with Gasteiger partial charge in [0.1, 0.15) is 9.79 Å². The highest BCUT2D eigenvalue weighted by Crippen LogP contribution is 2.29. The molecule has 0 saturated heterocycles. The Hall–Kier alpha value is -3.19. The lowest BCUT2D eigenvalue weighted by atomic mass is 10.1. The second-order valence-electron chi connectivity index (χ2n) is 5.68. The molecule has 3 aromatic rings. The van der Waals surface area contributed by atoms with Crippen LogP contribution in [0.25, 0.3) is 12.2 Å². The molecule has 0 atom stereocenters. The quantitative estimate of drug-likeness (QED) is 0.388. The average molecular weight is 434 g/mol. The van der Waals surface area contributed by atoms with Gasteiger partial charge in [-0.15, -0.1) is 10.2 Å². The third-order valence-corrected chi connectivity index (χ3v) is 5.61. The Morgan fingerprint density at radius 1 is 0.828 bits per heavy atom. The summed E-state index contributed by atoms with van der Waals surface area (Å²) in [5.41, 5.74) is 0.234. The lowest BCUT2D eigenvalue weighted by molar-refractivity contribution is 0.481. The fourth-order valence-electron chi connectivity index (χ4n) is 2.55. The summed E-state index contributed by atoms with van der Waals surface area (Å²) in [5.74, 6) is 0.197. The van der Waals surface area contributed by atoms with Crippen molar-refractivity contribution in [3.05, 3.63) is 65.9 Å². The van der Waals surface area contributed by atoms with E-state index in [1.54, 1.807) is 6.07 Å². The lowest BCUT2D eigenvalue weighted by Gasteiger charge is -2.11. The summed E-state index contributed by atoms with van der Waals surface area (Å²) in [5, 5.41) is 13.4. The van der Waals surface area contributed by atoms with Crippen LogP contribution in [0, 0.1) is 0 Å². The first-order valence-corrected chi connectivity index (χ1v) is 10.8. The number of nitrogens with zero attached hydrogens (tertiary/aromatic N) is 3. The Bertz CT molecular complexity index is 1280. The van der Waals surface area contributed by atoms with Crippen LogP contribution in [0.3, 0.4) is 0 Å². The molecular formula is C17H14N4O6S2. The van der Waals surface area contributed by atoms with Gasteiger partial charge in [-0.3, -0.25) is 9.11 Å². The highest BCUT2D eigenvalue weighted by atomic mass is 32.2. The largest absolute Gasteiger partial charge is 0.337 e. The second-order valence-corrected chi connectivity index (χ2v) is 8.42. The van der Waals surface area contributed by atoms with E-state index in [0.29, 0.717) is 0 Å². The SMILES string of the molecule is O=S(=O)(O)c1ccccc1/C=C/c1cccc(Nc2ccnnn2)c1S(=O)(=O)O. The van der Waals surface area contributed by atoms with E-state index in [0.717, 1.165) is 0 Å². The zero-order valence-electron chi connectivity index (χ0n) is 14.5. The van der Waals surface area contributed by atoms with Gasteiger partial charge in [0.15, 0.2) is 5.82 Å². The number of hydrogen-bond acceptors (Lipinski definition) is 8. The minimum Gasteiger partial charge on any atom is -0.337 e. The van der Waals surface area contributed by atoms with Crippen LogP contribution in [0.15, 0.2) is 64.5 Å². The molecule has 3 N–H and O–H groups in total. The number of aromatic nitrogens is 3. The zero-order valence-corrected chi connectivity index (χ0v) is 16.2. The third kappa shape index (κ3) is 5.00. The molecule has 0 amide bonds. The third-order valence-electron chi connectivity index (χ3n) is 3.71. The standard InChI is InChI=1S/C17H14N4O6S2/c22-28(23,24)15-7-2-1-4-12(15)8-9-13-5-3-6-14(17(13)29(25,26)27)19-16-10-11-18-21-20-16/h1-11H,(H,18,19,20)(H,22,23,24)(H,25,26,27)/b9-8+. The Kier molecular flexibility index (Phi) is 5.70. The van der Waals surface area contributed by atoms with Gasteiger partial charge >= 0.3 is 0 Å². The molecule has 29 heavy (non-hydrogen) atoms. The molecule has 2 aromatic carbocycles. The predicted octanol–water partition coefficient (Wildman–Crippen LogP) is 2.28. The summed E-state index contributed by atoms with van der Waals surface area (Å²) in [7, 11) is -9.15. The number of rotatable bonds is 6. The number of benzene rings is 2. The summed E-state index contributed by atoms with van der Waals surface area (Å²) in [6, 6.07) is 11.4. The first-order chi connectivity index (χ1) is 13.7. The van der Waals surface area contributed by atoms with Crippen LogP contribution in [0.1, 0.15) is 11.1 Å². The minimum absolute atomic E-state index is 0.0261. The minimum atomic E-state index is -4.67. The van der Waals surface area contributed by atoms with Crippen LogP contribution in [0.5, 0.6) is 0 Å². The summed E-state index contributed by atoms with van der Waals surface area (Å²) in [6.07, 6.45) is 3.96. The van der Waals surface area contributed by atoms with Crippen molar-refractivity contribution >= 4 is 43.9 Å². The van der Waals surface area contributed by atoms with Crippen LogP contribution >= 0.6 is 0 Å². The van der Waals surface area contributed by atoms with Crippen molar-refractivity contribution in [1.82, 2.24) is 15.4 Å². The van der Waals surface area contributed by atoms with Gasteiger partial charge in [-0.1, -0.05) is 42.5 Å². The maximum atomic E-state index is 12.0. The van der Waals surface area contributed by atoms with E-state index < -0.39 is 25.1 Å². The van der Waals surface area contributed by atoms with E-state index in [1.807, 2.05) is 0 Å². The molecule has 12 heteroatoms. The van der Waals surface area contributed by atoms with E-state index in [1.165, 1.54) is 60.8 Å². The van der Waals surface area contributed by atoms with Crippen molar-refractivity contribution in [2.24, 2.45) is 0 Å². The van der Waals surface area contributed by atoms with Gasteiger partial charge in [0.05, 0.1) is 11.9 Å². The molecule has 0 aliphatic carbocycles. The Labute approximate surface area is 166 Å². The summed E-state index contributed by atoms with van der Waals surface area (Å²) in [6.45, 7) is 0. The van der Waals surface area contributed by atoms with Crippen LogP contribution < -0.4 is 5.32 Å². The summed E-state index contributed by atoms with van der Waals surface area (Å²) in [4.78, 5) is -0.787. The fourth-order valence-corrected chi connectivity index (χ4v) is 4.07. The molecular weight excluding hydrogens is 420 g/mol.